The number of nitrogens with zero attached hydrogens (tertiary/aromatic N) is 2. The number of nitrogens with one attached hydrogen (secondary N) is 2. The summed E-state index contributed by atoms with van der Waals surface area (Å²) in [5.74, 6) is -0.413. The second-order valence-corrected chi connectivity index (χ2v) is 5.64. The van der Waals surface area contributed by atoms with Gasteiger partial charge in [-0.25, -0.2) is 0 Å². The third kappa shape index (κ3) is 5.11. The van der Waals surface area contributed by atoms with Crippen LogP contribution >= 0.6 is 11.3 Å². The molecule has 0 aliphatic carbocycles. The van der Waals surface area contributed by atoms with E-state index < -0.39 is 0 Å². The van der Waals surface area contributed by atoms with E-state index in [4.69, 9.17) is 4.74 Å². The summed E-state index contributed by atoms with van der Waals surface area (Å²) in [6, 6.07) is 6.72. The maximum atomic E-state index is 12.2. The fourth-order valence-electron chi connectivity index (χ4n) is 1.71. The number of ether oxygens (including phenoxy) is 1. The van der Waals surface area contributed by atoms with Crippen molar-refractivity contribution < 1.29 is 14.3 Å². The second kappa shape index (κ2) is 8.35. The molecule has 0 atom stereocenters. The van der Waals surface area contributed by atoms with E-state index in [2.05, 4.69) is 20.8 Å². The first-order valence-corrected chi connectivity index (χ1v) is 8.05. The zero-order chi connectivity index (χ0) is 16.7. The molecule has 0 aliphatic rings. The van der Waals surface area contributed by atoms with Crippen LogP contribution in [0.1, 0.15) is 35.6 Å². The van der Waals surface area contributed by atoms with E-state index in [1.807, 2.05) is 6.92 Å². The molecule has 1 aromatic carbocycles. The molecule has 0 bridgehead atoms. The monoisotopic (exact) mass is 334 g/mol. The third-order valence-corrected chi connectivity index (χ3v) is 3.66. The average Bonchev–Trinajstić information content (AvgIpc) is 3.00. The molecule has 23 heavy (non-hydrogen) atoms. The summed E-state index contributed by atoms with van der Waals surface area (Å²) in [6.45, 7) is 4.63. The van der Waals surface area contributed by atoms with Crippen LogP contribution in [0.3, 0.4) is 0 Å². The summed E-state index contributed by atoms with van der Waals surface area (Å²) in [5, 5.41) is 14.4. The van der Waals surface area contributed by atoms with E-state index in [-0.39, 0.29) is 11.8 Å². The van der Waals surface area contributed by atoms with Gasteiger partial charge in [0.2, 0.25) is 11.0 Å². The van der Waals surface area contributed by atoms with Crippen LogP contribution in [0, 0.1) is 0 Å². The molecule has 2 amide bonds. The maximum Gasteiger partial charge on any atom is 0.257 e. The number of hydrogen-bond donors (Lipinski definition) is 2. The first kappa shape index (κ1) is 17.0. The molecule has 0 fully saturated rings. The van der Waals surface area contributed by atoms with Crippen LogP contribution in [-0.4, -0.2) is 28.6 Å². The molecule has 2 aromatic rings. The van der Waals surface area contributed by atoms with Gasteiger partial charge >= 0.3 is 0 Å². The van der Waals surface area contributed by atoms with E-state index in [0.717, 1.165) is 0 Å². The highest BCUT2D eigenvalue weighted by Crippen LogP contribution is 2.18. The molecule has 0 saturated carbocycles. The van der Waals surface area contributed by atoms with Gasteiger partial charge in [0.15, 0.2) is 0 Å². The van der Waals surface area contributed by atoms with Gasteiger partial charge in [-0.05, 0) is 25.1 Å². The number of benzene rings is 1. The summed E-state index contributed by atoms with van der Waals surface area (Å²) in [6.07, 6.45) is 0.379. The Labute approximate surface area is 138 Å². The van der Waals surface area contributed by atoms with E-state index in [1.54, 1.807) is 31.2 Å². The predicted octanol–water partition coefficient (Wildman–Crippen LogP) is 2.68. The molecule has 8 heteroatoms. The number of rotatable bonds is 7. The molecule has 0 radical (unpaired) electrons. The van der Waals surface area contributed by atoms with Gasteiger partial charge in [0, 0.05) is 24.3 Å². The quantitative estimate of drug-likeness (QED) is 0.812. The standard InChI is InChI=1S/C15H18N4O3S/c1-3-12(20)16-11-7-5-6-10(8-11)14(21)17-15-19-18-13(23-15)9-22-4-2/h5-8H,3-4,9H2,1-2H3,(H,16,20)(H,17,19,21). The van der Waals surface area contributed by atoms with Crippen LogP contribution in [0.25, 0.3) is 0 Å². The third-order valence-electron chi connectivity index (χ3n) is 2.85. The fourth-order valence-corrected chi connectivity index (χ4v) is 2.38. The van der Waals surface area contributed by atoms with Gasteiger partial charge in [-0.3, -0.25) is 14.9 Å². The van der Waals surface area contributed by atoms with Crippen molar-refractivity contribution in [2.24, 2.45) is 0 Å². The zero-order valence-corrected chi connectivity index (χ0v) is 13.8. The lowest BCUT2D eigenvalue weighted by Crippen LogP contribution is -2.13. The lowest BCUT2D eigenvalue weighted by molar-refractivity contribution is -0.115. The van der Waals surface area contributed by atoms with Gasteiger partial charge in [0.25, 0.3) is 5.91 Å². The highest BCUT2D eigenvalue weighted by molar-refractivity contribution is 7.15. The van der Waals surface area contributed by atoms with E-state index >= 15 is 0 Å². The predicted molar refractivity (Wildman–Crippen MR) is 88.6 cm³/mol. The second-order valence-electron chi connectivity index (χ2n) is 4.57. The molecule has 2 N–H and O–H groups in total. The molecule has 0 aliphatic heterocycles. The summed E-state index contributed by atoms with van der Waals surface area (Å²) in [4.78, 5) is 23.6. The van der Waals surface area contributed by atoms with Gasteiger partial charge in [-0.2, -0.15) is 0 Å². The number of carbonyl (C=O) groups excluding carboxylic acids is 2. The molecule has 122 valence electrons. The Morgan fingerprint density at radius 2 is 2.04 bits per heavy atom. The molecule has 7 nitrogen and oxygen atoms in total. The Morgan fingerprint density at radius 3 is 2.78 bits per heavy atom. The van der Waals surface area contributed by atoms with Crippen molar-refractivity contribution in [1.82, 2.24) is 10.2 Å². The molecule has 1 heterocycles. The smallest absolute Gasteiger partial charge is 0.257 e. The number of carbonyl (C=O) groups is 2. The van der Waals surface area contributed by atoms with Gasteiger partial charge in [-0.1, -0.05) is 24.3 Å². The van der Waals surface area contributed by atoms with Crippen molar-refractivity contribution in [3.8, 4) is 0 Å². The number of anilines is 2. The van der Waals surface area contributed by atoms with Crippen LogP contribution in [0.15, 0.2) is 24.3 Å². The summed E-state index contributed by atoms with van der Waals surface area (Å²) < 4.78 is 5.24. The largest absolute Gasteiger partial charge is 0.374 e. The molecule has 0 unspecified atom stereocenters. The van der Waals surface area contributed by atoms with Crippen molar-refractivity contribution in [3.05, 3.63) is 34.8 Å². The van der Waals surface area contributed by atoms with Crippen LogP contribution in [0.2, 0.25) is 0 Å². The number of aromatic nitrogens is 2. The number of amides is 2. The van der Waals surface area contributed by atoms with Crippen molar-refractivity contribution in [2.75, 3.05) is 17.2 Å². The SMILES string of the molecule is CCOCc1nnc(NC(=O)c2cccc(NC(=O)CC)c2)s1. The van der Waals surface area contributed by atoms with Gasteiger partial charge in [0.1, 0.15) is 11.6 Å². The van der Waals surface area contributed by atoms with Crippen LogP contribution in [0.5, 0.6) is 0 Å². The molecule has 2 rings (SSSR count). The highest BCUT2D eigenvalue weighted by atomic mass is 32.1. The Morgan fingerprint density at radius 1 is 1.22 bits per heavy atom. The normalized spacial score (nSPS) is 10.3. The molecule has 0 saturated heterocycles. The number of hydrogen-bond acceptors (Lipinski definition) is 6. The maximum absolute atomic E-state index is 12.2. The van der Waals surface area contributed by atoms with E-state index in [0.29, 0.717) is 41.0 Å². The van der Waals surface area contributed by atoms with Crippen molar-refractivity contribution in [1.29, 1.82) is 0 Å². The zero-order valence-electron chi connectivity index (χ0n) is 13.0. The topological polar surface area (TPSA) is 93.2 Å². The Hall–Kier alpha value is -2.32. The van der Waals surface area contributed by atoms with E-state index in [1.165, 1.54) is 11.3 Å². The molecular weight excluding hydrogens is 316 g/mol. The molecule has 0 spiro atoms. The van der Waals surface area contributed by atoms with Crippen LogP contribution in [-0.2, 0) is 16.1 Å². The summed E-state index contributed by atoms with van der Waals surface area (Å²) >= 11 is 1.27. The van der Waals surface area contributed by atoms with E-state index in [9.17, 15) is 9.59 Å². The van der Waals surface area contributed by atoms with Gasteiger partial charge in [-0.15, -0.1) is 10.2 Å². The van der Waals surface area contributed by atoms with Crippen LogP contribution in [0.4, 0.5) is 10.8 Å². The minimum Gasteiger partial charge on any atom is -0.374 e. The van der Waals surface area contributed by atoms with Gasteiger partial charge in [0.05, 0.1) is 0 Å². The van der Waals surface area contributed by atoms with Crippen molar-refractivity contribution in [2.45, 2.75) is 26.9 Å². The summed E-state index contributed by atoms with van der Waals surface area (Å²) in [7, 11) is 0. The summed E-state index contributed by atoms with van der Waals surface area (Å²) in [5.41, 5.74) is 1.01. The van der Waals surface area contributed by atoms with Gasteiger partial charge < -0.3 is 10.1 Å². The first-order valence-electron chi connectivity index (χ1n) is 7.23. The Balaban J connectivity index is 2.01. The first-order chi connectivity index (χ1) is 11.1. The Kier molecular flexibility index (Phi) is 6.19. The molecule has 1 aromatic heterocycles. The Bertz CT molecular complexity index is 687. The van der Waals surface area contributed by atoms with Crippen molar-refractivity contribution >= 4 is 34.0 Å². The molecular formula is C15H18N4O3S. The highest BCUT2D eigenvalue weighted by Gasteiger charge is 2.11. The lowest BCUT2D eigenvalue weighted by Gasteiger charge is -2.06. The van der Waals surface area contributed by atoms with Crippen LogP contribution < -0.4 is 10.6 Å². The fraction of sp³-hybridized carbons (Fsp3) is 0.333. The van der Waals surface area contributed by atoms with Crippen molar-refractivity contribution in [3.63, 3.8) is 0 Å². The average molecular weight is 334 g/mol. The minimum atomic E-state index is -0.309. The lowest BCUT2D eigenvalue weighted by atomic mass is 10.2. The minimum absolute atomic E-state index is 0.104.